The number of benzene rings is 1. The molecule has 2 atom stereocenters. The van der Waals surface area contributed by atoms with Crippen LogP contribution < -0.4 is 5.32 Å². The predicted molar refractivity (Wildman–Crippen MR) is 93.5 cm³/mol. The molecule has 0 aliphatic heterocycles. The molecule has 0 aliphatic carbocycles. The van der Waals surface area contributed by atoms with Crippen molar-refractivity contribution in [3.8, 4) is 0 Å². The third-order valence-corrected chi connectivity index (χ3v) is 4.36. The molecule has 0 radical (unpaired) electrons. The number of amides is 1. The number of hydrogen-bond donors (Lipinski definition) is 2. The molecule has 2 rings (SSSR count). The van der Waals surface area contributed by atoms with E-state index in [-0.39, 0.29) is 17.9 Å². The molecule has 1 heterocycles. The third-order valence-electron chi connectivity index (χ3n) is 3.70. The standard InChI is InChI=1S/C18H22N2O2S/c1-12(2)16(17(21)13-7-5-4-6-8-13)20-18(22)14-9-10-15(23-3)19-11-14/h4-12,16-17,21H,1-3H3,(H,20,22)/t16-,17-/m1/s1. The smallest absolute Gasteiger partial charge is 0.253 e. The second-order valence-corrected chi connectivity index (χ2v) is 6.51. The Labute approximate surface area is 141 Å². The van der Waals surface area contributed by atoms with Crippen LogP contribution in [0.25, 0.3) is 0 Å². The first-order chi connectivity index (χ1) is 11.0. The summed E-state index contributed by atoms with van der Waals surface area (Å²) in [4.78, 5) is 16.6. The van der Waals surface area contributed by atoms with Crippen LogP contribution in [0.2, 0.25) is 0 Å². The topological polar surface area (TPSA) is 62.2 Å². The zero-order chi connectivity index (χ0) is 16.8. The van der Waals surface area contributed by atoms with Crippen molar-refractivity contribution < 1.29 is 9.90 Å². The Morgan fingerprint density at radius 2 is 1.87 bits per heavy atom. The first-order valence-electron chi connectivity index (χ1n) is 7.57. The lowest BCUT2D eigenvalue weighted by Crippen LogP contribution is -2.43. The van der Waals surface area contributed by atoms with Crippen molar-refractivity contribution in [3.05, 3.63) is 59.8 Å². The molecule has 0 saturated heterocycles. The summed E-state index contributed by atoms with van der Waals surface area (Å²) in [7, 11) is 0. The Morgan fingerprint density at radius 3 is 2.39 bits per heavy atom. The Morgan fingerprint density at radius 1 is 1.17 bits per heavy atom. The van der Waals surface area contributed by atoms with Crippen LogP contribution in [0.5, 0.6) is 0 Å². The van der Waals surface area contributed by atoms with Gasteiger partial charge in [0.05, 0.1) is 22.7 Å². The van der Waals surface area contributed by atoms with Crippen LogP contribution in [0.1, 0.15) is 35.9 Å². The van der Waals surface area contributed by atoms with Gasteiger partial charge in [0, 0.05) is 6.20 Å². The molecule has 0 fully saturated rings. The molecule has 0 bridgehead atoms. The number of nitrogens with one attached hydrogen (secondary N) is 1. The maximum atomic E-state index is 12.4. The van der Waals surface area contributed by atoms with E-state index in [0.717, 1.165) is 10.6 Å². The summed E-state index contributed by atoms with van der Waals surface area (Å²) in [5.41, 5.74) is 1.29. The number of hydrogen-bond acceptors (Lipinski definition) is 4. The monoisotopic (exact) mass is 330 g/mol. The average Bonchev–Trinajstić information content (AvgIpc) is 2.59. The van der Waals surface area contributed by atoms with Crippen molar-refractivity contribution in [2.75, 3.05) is 6.26 Å². The lowest BCUT2D eigenvalue weighted by atomic mass is 9.93. The number of nitrogens with zero attached hydrogens (tertiary/aromatic N) is 1. The normalized spacial score (nSPS) is 13.6. The Bertz CT molecular complexity index is 629. The van der Waals surface area contributed by atoms with Gasteiger partial charge in [0.25, 0.3) is 5.91 Å². The van der Waals surface area contributed by atoms with Crippen molar-refractivity contribution in [2.24, 2.45) is 5.92 Å². The summed E-state index contributed by atoms with van der Waals surface area (Å²) in [6.07, 6.45) is 2.75. The molecule has 2 aromatic rings. The Hall–Kier alpha value is -1.85. The minimum absolute atomic E-state index is 0.0904. The first kappa shape index (κ1) is 17.5. The number of carbonyl (C=O) groups excluding carboxylic acids is 1. The van der Waals surface area contributed by atoms with E-state index in [9.17, 15) is 9.90 Å². The molecule has 0 spiro atoms. The van der Waals surface area contributed by atoms with E-state index in [4.69, 9.17) is 0 Å². The summed E-state index contributed by atoms with van der Waals surface area (Å²) >= 11 is 1.53. The molecule has 23 heavy (non-hydrogen) atoms. The number of aliphatic hydroxyl groups excluding tert-OH is 1. The second-order valence-electron chi connectivity index (χ2n) is 5.69. The zero-order valence-electron chi connectivity index (χ0n) is 13.6. The van der Waals surface area contributed by atoms with E-state index in [2.05, 4.69) is 10.3 Å². The minimum atomic E-state index is -0.751. The molecular formula is C18H22N2O2S. The minimum Gasteiger partial charge on any atom is -0.386 e. The fraction of sp³-hybridized carbons (Fsp3) is 0.333. The van der Waals surface area contributed by atoms with Gasteiger partial charge in [-0.15, -0.1) is 11.8 Å². The fourth-order valence-electron chi connectivity index (χ4n) is 2.34. The summed E-state index contributed by atoms with van der Waals surface area (Å²) in [6, 6.07) is 12.6. The maximum absolute atomic E-state index is 12.4. The summed E-state index contributed by atoms with van der Waals surface area (Å²) in [6.45, 7) is 3.96. The molecule has 4 nitrogen and oxygen atoms in total. The molecule has 122 valence electrons. The van der Waals surface area contributed by atoms with Crippen LogP contribution in [0, 0.1) is 5.92 Å². The van der Waals surface area contributed by atoms with Gasteiger partial charge < -0.3 is 10.4 Å². The van der Waals surface area contributed by atoms with Crippen molar-refractivity contribution in [3.63, 3.8) is 0 Å². The number of aliphatic hydroxyl groups is 1. The highest BCUT2D eigenvalue weighted by Crippen LogP contribution is 2.22. The molecule has 1 aromatic carbocycles. The van der Waals surface area contributed by atoms with Crippen molar-refractivity contribution in [2.45, 2.75) is 31.0 Å². The highest BCUT2D eigenvalue weighted by Gasteiger charge is 2.26. The van der Waals surface area contributed by atoms with Gasteiger partial charge in [-0.25, -0.2) is 4.98 Å². The number of carbonyl (C=O) groups is 1. The number of thioether (sulfide) groups is 1. The van der Waals surface area contributed by atoms with Gasteiger partial charge in [-0.2, -0.15) is 0 Å². The lowest BCUT2D eigenvalue weighted by Gasteiger charge is -2.27. The Balaban J connectivity index is 2.13. The van der Waals surface area contributed by atoms with Crippen LogP contribution in [0.4, 0.5) is 0 Å². The number of aromatic nitrogens is 1. The van der Waals surface area contributed by atoms with Crippen LogP contribution in [0.15, 0.2) is 53.7 Å². The zero-order valence-corrected chi connectivity index (χ0v) is 14.4. The molecule has 0 aliphatic rings. The van der Waals surface area contributed by atoms with Crippen molar-refractivity contribution in [1.82, 2.24) is 10.3 Å². The van der Waals surface area contributed by atoms with Crippen LogP contribution in [-0.2, 0) is 0 Å². The average molecular weight is 330 g/mol. The first-order valence-corrected chi connectivity index (χ1v) is 8.79. The predicted octanol–water partition coefficient (Wildman–Crippen LogP) is 3.29. The maximum Gasteiger partial charge on any atom is 0.253 e. The largest absolute Gasteiger partial charge is 0.386 e. The van der Waals surface area contributed by atoms with Crippen LogP contribution in [-0.4, -0.2) is 28.3 Å². The van der Waals surface area contributed by atoms with E-state index in [1.54, 1.807) is 12.3 Å². The van der Waals surface area contributed by atoms with Crippen LogP contribution in [0.3, 0.4) is 0 Å². The van der Waals surface area contributed by atoms with Gasteiger partial charge in [-0.1, -0.05) is 44.2 Å². The highest BCUT2D eigenvalue weighted by molar-refractivity contribution is 7.98. The number of rotatable bonds is 6. The molecule has 1 amide bonds. The van der Waals surface area contributed by atoms with E-state index < -0.39 is 6.10 Å². The van der Waals surface area contributed by atoms with Gasteiger partial charge in [-0.3, -0.25) is 4.79 Å². The van der Waals surface area contributed by atoms with Gasteiger partial charge in [-0.05, 0) is 29.9 Å². The van der Waals surface area contributed by atoms with Gasteiger partial charge in [0.2, 0.25) is 0 Å². The summed E-state index contributed by atoms with van der Waals surface area (Å²) in [5.74, 6) is -0.133. The lowest BCUT2D eigenvalue weighted by molar-refractivity contribution is 0.0759. The molecule has 1 aromatic heterocycles. The fourth-order valence-corrected chi connectivity index (χ4v) is 2.70. The van der Waals surface area contributed by atoms with E-state index in [1.165, 1.54) is 11.8 Å². The highest BCUT2D eigenvalue weighted by atomic mass is 32.2. The molecular weight excluding hydrogens is 308 g/mol. The van der Waals surface area contributed by atoms with E-state index in [0.29, 0.717) is 5.56 Å². The number of pyridine rings is 1. The molecule has 0 saturated carbocycles. The summed E-state index contributed by atoms with van der Waals surface area (Å²) < 4.78 is 0. The summed E-state index contributed by atoms with van der Waals surface area (Å²) in [5, 5.41) is 14.4. The second kappa shape index (κ2) is 8.13. The molecule has 0 unspecified atom stereocenters. The van der Waals surface area contributed by atoms with E-state index >= 15 is 0 Å². The van der Waals surface area contributed by atoms with Gasteiger partial charge in [0.15, 0.2) is 0 Å². The molecule has 5 heteroatoms. The van der Waals surface area contributed by atoms with Gasteiger partial charge >= 0.3 is 0 Å². The van der Waals surface area contributed by atoms with Crippen LogP contribution >= 0.6 is 11.8 Å². The van der Waals surface area contributed by atoms with Crippen molar-refractivity contribution in [1.29, 1.82) is 0 Å². The van der Waals surface area contributed by atoms with Crippen molar-refractivity contribution >= 4 is 17.7 Å². The quantitative estimate of drug-likeness (QED) is 0.798. The Kier molecular flexibility index (Phi) is 6.19. The molecule has 2 N–H and O–H groups in total. The van der Waals surface area contributed by atoms with Gasteiger partial charge in [0.1, 0.15) is 0 Å². The van der Waals surface area contributed by atoms with E-state index in [1.807, 2.05) is 56.5 Å². The third kappa shape index (κ3) is 4.56. The SMILES string of the molecule is CSc1ccc(C(=O)N[C@H](C(C)C)[C@H](O)c2ccccc2)cn1.